The summed E-state index contributed by atoms with van der Waals surface area (Å²) in [5, 5.41) is 6.25. The van der Waals surface area contributed by atoms with E-state index >= 15 is 0 Å². The summed E-state index contributed by atoms with van der Waals surface area (Å²) in [4.78, 5) is 33.2. The van der Waals surface area contributed by atoms with Gasteiger partial charge in [0.25, 0.3) is 0 Å². The van der Waals surface area contributed by atoms with Gasteiger partial charge in [-0.2, -0.15) is 4.98 Å². The van der Waals surface area contributed by atoms with Crippen molar-refractivity contribution in [3.8, 4) is 5.75 Å². The Bertz CT molecular complexity index is 1450. The number of hydrogen-bond acceptors (Lipinski definition) is 9. The van der Waals surface area contributed by atoms with Crippen LogP contribution in [0.3, 0.4) is 0 Å². The molecule has 0 bridgehead atoms. The van der Waals surface area contributed by atoms with E-state index in [4.69, 9.17) is 14.7 Å². The molecule has 1 aliphatic carbocycles. The van der Waals surface area contributed by atoms with E-state index in [1.54, 1.807) is 13.3 Å². The predicted octanol–water partition coefficient (Wildman–Crippen LogP) is 5.05. The maximum absolute atomic E-state index is 12.3. The molecule has 1 aliphatic heterocycles. The Hall–Kier alpha value is -4.18. The summed E-state index contributed by atoms with van der Waals surface area (Å²) < 4.78 is 5.75. The number of rotatable bonds is 11. The van der Waals surface area contributed by atoms with Crippen molar-refractivity contribution in [2.75, 3.05) is 68.3 Å². The Kier molecular flexibility index (Phi) is 7.86. The number of ether oxygens (including phenoxy) is 1. The molecule has 0 unspecified atom stereocenters. The number of anilines is 6. The van der Waals surface area contributed by atoms with Crippen LogP contribution < -0.4 is 25.2 Å². The molecule has 1 aromatic carbocycles. The summed E-state index contributed by atoms with van der Waals surface area (Å²) in [7, 11) is 7.66. The first kappa shape index (κ1) is 28.4. The van der Waals surface area contributed by atoms with E-state index in [0.29, 0.717) is 29.0 Å². The van der Waals surface area contributed by atoms with Gasteiger partial charge >= 0.3 is 0 Å². The lowest BCUT2D eigenvalue weighted by Crippen LogP contribution is -2.29. The van der Waals surface area contributed by atoms with Gasteiger partial charge in [-0.25, -0.2) is 4.98 Å². The second-order valence-electron chi connectivity index (χ2n) is 11.7. The van der Waals surface area contributed by atoms with Crippen LogP contribution in [0, 0.1) is 0 Å². The first-order valence-corrected chi connectivity index (χ1v) is 14.0. The number of carbonyl (C=O) groups is 1. The number of pyridine rings is 1. The van der Waals surface area contributed by atoms with Crippen molar-refractivity contribution in [3.05, 3.63) is 60.6 Å². The average molecular weight is 557 g/mol. The fourth-order valence-electron chi connectivity index (χ4n) is 5.13. The smallest absolute Gasteiger partial charge is 0.247 e. The number of aromatic nitrogens is 3. The molecule has 216 valence electrons. The standard InChI is InChI=1S/C31H40N8O2/c1-8-28(40)33-22-17-23(26(41-7)18-25(22)38(6)16-15-37(4)5)35-30-32-14-13-27(36-30)39-19-31(2,3)29-24(39)12-11-21(34-29)20-9-10-20/h8,11-14,17-18,20H,1,9-10,15-16,19H2,2-7H3,(H,33,40)(H,32,35,36). The number of likely N-dealkylation sites (N-methyl/N-ethyl adjacent to an activating group) is 2. The zero-order chi connectivity index (χ0) is 29.3. The Morgan fingerprint density at radius 3 is 2.61 bits per heavy atom. The summed E-state index contributed by atoms with van der Waals surface area (Å²) in [6.45, 7) is 10.5. The van der Waals surface area contributed by atoms with Gasteiger partial charge in [0.2, 0.25) is 11.9 Å². The second-order valence-corrected chi connectivity index (χ2v) is 11.7. The van der Waals surface area contributed by atoms with Crippen LogP contribution in [0.1, 0.15) is 44.0 Å². The number of nitrogens with zero attached hydrogens (tertiary/aromatic N) is 6. The van der Waals surface area contributed by atoms with Gasteiger partial charge in [-0.3, -0.25) is 9.78 Å². The van der Waals surface area contributed by atoms with Crippen LogP contribution in [0.5, 0.6) is 5.75 Å². The molecule has 2 aromatic heterocycles. The van der Waals surface area contributed by atoms with E-state index in [1.807, 2.05) is 39.3 Å². The van der Waals surface area contributed by atoms with E-state index in [0.717, 1.165) is 42.5 Å². The minimum Gasteiger partial charge on any atom is -0.494 e. The number of nitrogens with one attached hydrogen (secondary N) is 2. The van der Waals surface area contributed by atoms with Crippen molar-refractivity contribution >= 4 is 40.4 Å². The van der Waals surface area contributed by atoms with E-state index in [1.165, 1.54) is 24.6 Å². The van der Waals surface area contributed by atoms with Crippen molar-refractivity contribution in [2.45, 2.75) is 38.0 Å². The molecule has 0 saturated heterocycles. The number of benzene rings is 1. The Morgan fingerprint density at radius 2 is 1.93 bits per heavy atom. The molecule has 0 radical (unpaired) electrons. The average Bonchev–Trinajstić information content (AvgIpc) is 3.76. The molecule has 10 nitrogen and oxygen atoms in total. The third-order valence-electron chi connectivity index (χ3n) is 7.60. The predicted molar refractivity (Wildman–Crippen MR) is 165 cm³/mol. The van der Waals surface area contributed by atoms with Crippen LogP contribution in [0.25, 0.3) is 0 Å². The van der Waals surface area contributed by atoms with Gasteiger partial charge < -0.3 is 30.1 Å². The molecular weight excluding hydrogens is 516 g/mol. The molecule has 1 saturated carbocycles. The molecule has 1 fully saturated rings. The van der Waals surface area contributed by atoms with Gasteiger partial charge in [0.1, 0.15) is 11.6 Å². The SMILES string of the molecule is C=CC(=O)Nc1cc(Nc2nccc(N3CC(C)(C)c4nc(C5CC5)ccc43)n2)c(OC)cc1N(C)CCN(C)C. The first-order valence-electron chi connectivity index (χ1n) is 14.0. The number of hydrogen-bond donors (Lipinski definition) is 2. The van der Waals surface area contributed by atoms with E-state index < -0.39 is 0 Å². The highest BCUT2D eigenvalue weighted by atomic mass is 16.5. The lowest BCUT2D eigenvalue weighted by molar-refractivity contribution is -0.111. The zero-order valence-electron chi connectivity index (χ0n) is 24.9. The van der Waals surface area contributed by atoms with Gasteiger partial charge in [-0.1, -0.05) is 20.4 Å². The number of amides is 1. The second kappa shape index (κ2) is 11.4. The van der Waals surface area contributed by atoms with E-state index in [9.17, 15) is 4.79 Å². The van der Waals surface area contributed by atoms with Crippen LogP contribution in [-0.2, 0) is 10.2 Å². The number of methoxy groups -OCH3 is 1. The third kappa shape index (κ3) is 6.12. The van der Waals surface area contributed by atoms with Gasteiger partial charge in [0, 0.05) is 56.0 Å². The monoisotopic (exact) mass is 556 g/mol. The summed E-state index contributed by atoms with van der Waals surface area (Å²) >= 11 is 0. The molecule has 3 aromatic rings. The summed E-state index contributed by atoms with van der Waals surface area (Å²) in [6.07, 6.45) is 5.46. The van der Waals surface area contributed by atoms with Crippen molar-refractivity contribution < 1.29 is 9.53 Å². The lowest BCUT2D eigenvalue weighted by Gasteiger charge is -2.26. The largest absolute Gasteiger partial charge is 0.494 e. The summed E-state index contributed by atoms with van der Waals surface area (Å²) in [6, 6.07) is 10.0. The Labute approximate surface area is 242 Å². The molecule has 0 spiro atoms. The Morgan fingerprint density at radius 1 is 1.15 bits per heavy atom. The maximum atomic E-state index is 12.3. The summed E-state index contributed by atoms with van der Waals surface area (Å²) in [5.74, 6) is 2.12. The van der Waals surface area contributed by atoms with Gasteiger partial charge in [0.15, 0.2) is 0 Å². The topological polar surface area (TPSA) is 98.8 Å². The van der Waals surface area contributed by atoms with Crippen molar-refractivity contribution in [1.29, 1.82) is 0 Å². The molecule has 5 rings (SSSR count). The van der Waals surface area contributed by atoms with Gasteiger partial charge in [-0.15, -0.1) is 0 Å². The molecule has 2 N–H and O–H groups in total. The molecule has 2 aliphatic rings. The fraction of sp³-hybridized carbons (Fsp3) is 0.419. The van der Waals surface area contributed by atoms with Crippen LogP contribution >= 0.6 is 0 Å². The van der Waals surface area contributed by atoms with Crippen molar-refractivity contribution in [1.82, 2.24) is 19.9 Å². The van der Waals surface area contributed by atoms with Crippen molar-refractivity contribution in [2.24, 2.45) is 0 Å². The Balaban J connectivity index is 1.45. The fourth-order valence-corrected chi connectivity index (χ4v) is 5.13. The molecule has 3 heterocycles. The lowest BCUT2D eigenvalue weighted by atomic mass is 9.91. The van der Waals surface area contributed by atoms with E-state index in [2.05, 4.69) is 62.9 Å². The van der Waals surface area contributed by atoms with Crippen LogP contribution in [0.15, 0.2) is 49.2 Å². The van der Waals surface area contributed by atoms with E-state index in [-0.39, 0.29) is 11.3 Å². The van der Waals surface area contributed by atoms with Crippen LogP contribution in [0.2, 0.25) is 0 Å². The van der Waals surface area contributed by atoms with Crippen LogP contribution in [-0.4, -0.2) is 73.6 Å². The molecular formula is C31H40N8O2. The molecule has 10 heteroatoms. The minimum absolute atomic E-state index is 0.102. The van der Waals surface area contributed by atoms with Crippen LogP contribution in [0.4, 0.5) is 34.5 Å². The highest BCUT2D eigenvalue weighted by Crippen LogP contribution is 2.46. The maximum Gasteiger partial charge on any atom is 0.247 e. The molecule has 1 amide bonds. The highest BCUT2D eigenvalue weighted by molar-refractivity contribution is 6.02. The zero-order valence-corrected chi connectivity index (χ0v) is 24.9. The van der Waals surface area contributed by atoms with Gasteiger partial charge in [-0.05, 0) is 57.3 Å². The number of carbonyl (C=O) groups excluding carboxylic acids is 1. The normalized spacial score (nSPS) is 15.4. The molecule has 41 heavy (non-hydrogen) atoms. The quantitative estimate of drug-likeness (QED) is 0.314. The van der Waals surface area contributed by atoms with Crippen molar-refractivity contribution in [3.63, 3.8) is 0 Å². The van der Waals surface area contributed by atoms with Gasteiger partial charge in [0.05, 0.1) is 35.6 Å². The first-order chi connectivity index (χ1) is 19.6. The summed E-state index contributed by atoms with van der Waals surface area (Å²) in [5.41, 5.74) is 5.39. The number of fused-ring (bicyclic) bond motifs is 1. The minimum atomic E-state index is -0.296. The third-order valence-corrected chi connectivity index (χ3v) is 7.60. The molecule has 0 atom stereocenters. The highest BCUT2D eigenvalue weighted by Gasteiger charge is 2.39.